The molecule has 19 heavy (non-hydrogen) atoms. The first-order chi connectivity index (χ1) is 9.15. The number of hydrogen-bond acceptors (Lipinski definition) is 4. The Morgan fingerprint density at radius 3 is 2.05 bits per heavy atom. The molecule has 5 heteroatoms. The fourth-order valence-electron chi connectivity index (χ4n) is 1.39. The lowest BCUT2D eigenvalue weighted by atomic mass is 10.0. The molecule has 0 saturated heterocycles. The van der Waals surface area contributed by atoms with Gasteiger partial charge in [0.2, 0.25) is 0 Å². The van der Waals surface area contributed by atoms with Gasteiger partial charge in [-0.05, 0) is 36.3 Å². The number of nitriles is 2. The van der Waals surface area contributed by atoms with Crippen LogP contribution in [0.4, 0.5) is 0 Å². The summed E-state index contributed by atoms with van der Waals surface area (Å²) in [7, 11) is 0. The van der Waals surface area contributed by atoms with E-state index in [0.29, 0.717) is 5.57 Å². The molecule has 1 rings (SSSR count). The number of hydrogen-bond donors (Lipinski definition) is 0. The predicted octanol–water partition coefficient (Wildman–Crippen LogP) is 4.82. The van der Waals surface area contributed by atoms with Gasteiger partial charge < -0.3 is 0 Å². The number of rotatable bonds is 4. The van der Waals surface area contributed by atoms with E-state index < -0.39 is 0 Å². The topological polar surface area (TPSA) is 47.6 Å². The fraction of sp³-hybridized carbons (Fsp3) is 0.143. The van der Waals surface area contributed by atoms with Crippen molar-refractivity contribution >= 4 is 45.0 Å². The Kier molecular flexibility index (Phi) is 6.80. The Bertz CT molecular complexity index is 567. The smallest absolute Gasteiger partial charge is 0.137 e. The first kappa shape index (κ1) is 15.9. The van der Waals surface area contributed by atoms with Gasteiger partial charge in [-0.1, -0.05) is 28.1 Å². The van der Waals surface area contributed by atoms with Crippen LogP contribution in [0, 0.1) is 22.7 Å². The van der Waals surface area contributed by atoms with Crippen LogP contribution in [0.15, 0.2) is 44.6 Å². The summed E-state index contributed by atoms with van der Waals surface area (Å²) in [6.07, 6.45) is 5.83. The molecule has 0 aromatic heterocycles. The summed E-state index contributed by atoms with van der Waals surface area (Å²) in [4.78, 5) is 0. The van der Waals surface area contributed by atoms with Crippen molar-refractivity contribution in [1.82, 2.24) is 0 Å². The van der Waals surface area contributed by atoms with Crippen LogP contribution in [-0.4, -0.2) is 12.5 Å². The van der Waals surface area contributed by atoms with Crippen molar-refractivity contribution in [1.29, 1.82) is 10.5 Å². The van der Waals surface area contributed by atoms with Gasteiger partial charge in [-0.25, -0.2) is 0 Å². The van der Waals surface area contributed by atoms with Gasteiger partial charge in [0.15, 0.2) is 0 Å². The number of benzene rings is 1. The van der Waals surface area contributed by atoms with E-state index in [4.69, 9.17) is 10.5 Å². The summed E-state index contributed by atoms with van der Waals surface area (Å²) in [5.74, 6) is 0. The second-order valence-electron chi connectivity index (χ2n) is 3.39. The van der Waals surface area contributed by atoms with Gasteiger partial charge in [0, 0.05) is 14.3 Å². The monoisotopic (exact) mass is 350 g/mol. The van der Waals surface area contributed by atoms with Crippen molar-refractivity contribution in [3.05, 3.63) is 50.2 Å². The highest BCUT2D eigenvalue weighted by atomic mass is 79.9. The number of allylic oxidation sites excluding steroid dienone is 3. The number of halogens is 1. The molecule has 0 saturated carbocycles. The molecule has 1 aromatic carbocycles. The van der Waals surface area contributed by atoms with E-state index in [9.17, 15) is 0 Å². The van der Waals surface area contributed by atoms with Crippen LogP contribution in [0.1, 0.15) is 5.56 Å². The quantitative estimate of drug-likeness (QED) is 0.577. The Morgan fingerprint density at radius 2 is 1.63 bits per heavy atom. The van der Waals surface area contributed by atoms with Gasteiger partial charge in [0.25, 0.3) is 0 Å². The highest BCUT2D eigenvalue weighted by Gasteiger charge is 2.08. The molecule has 0 fully saturated rings. The van der Waals surface area contributed by atoms with Gasteiger partial charge >= 0.3 is 0 Å². The molecule has 0 heterocycles. The Hall–Kier alpha value is -1.14. The van der Waals surface area contributed by atoms with E-state index in [2.05, 4.69) is 15.9 Å². The minimum absolute atomic E-state index is 0.128. The minimum Gasteiger partial charge on any atom is -0.192 e. The Balaban J connectivity index is 3.42. The largest absolute Gasteiger partial charge is 0.192 e. The second-order valence-corrected chi connectivity index (χ2v) is 6.26. The fourth-order valence-corrected chi connectivity index (χ4v) is 2.80. The van der Waals surface area contributed by atoms with E-state index in [-0.39, 0.29) is 5.57 Å². The third-order valence-corrected chi connectivity index (χ3v) is 4.88. The lowest BCUT2D eigenvalue weighted by Gasteiger charge is -2.06. The van der Waals surface area contributed by atoms with E-state index in [1.807, 2.05) is 55.0 Å². The highest BCUT2D eigenvalue weighted by molar-refractivity contribution is 9.10. The molecule has 0 aliphatic rings. The number of thioether (sulfide) groups is 2. The molecule has 0 unspecified atom stereocenters. The van der Waals surface area contributed by atoms with Crippen molar-refractivity contribution in [3.63, 3.8) is 0 Å². The maximum atomic E-state index is 9.09. The van der Waals surface area contributed by atoms with Gasteiger partial charge in [-0.2, -0.15) is 10.5 Å². The van der Waals surface area contributed by atoms with Crippen molar-refractivity contribution in [3.8, 4) is 12.1 Å². The summed E-state index contributed by atoms with van der Waals surface area (Å²) in [5, 5.41) is 18.2. The predicted molar refractivity (Wildman–Crippen MR) is 87.4 cm³/mol. The average Bonchev–Trinajstić information content (AvgIpc) is 2.45. The van der Waals surface area contributed by atoms with Crippen molar-refractivity contribution in [2.75, 3.05) is 12.5 Å². The summed E-state index contributed by atoms with van der Waals surface area (Å²) in [6.45, 7) is 0. The van der Waals surface area contributed by atoms with Crippen molar-refractivity contribution < 1.29 is 0 Å². The Labute approximate surface area is 130 Å². The zero-order valence-corrected chi connectivity index (χ0v) is 13.7. The second kappa shape index (κ2) is 8.12. The molecular formula is C14H11BrN2S2. The van der Waals surface area contributed by atoms with Crippen LogP contribution in [0.25, 0.3) is 5.57 Å². The van der Waals surface area contributed by atoms with Gasteiger partial charge in [0.1, 0.15) is 17.7 Å². The van der Waals surface area contributed by atoms with Crippen LogP contribution in [0.3, 0.4) is 0 Å². The maximum Gasteiger partial charge on any atom is 0.137 e. The van der Waals surface area contributed by atoms with E-state index >= 15 is 0 Å². The summed E-state index contributed by atoms with van der Waals surface area (Å²) < 4.78 is 2.02. The van der Waals surface area contributed by atoms with Crippen LogP contribution < -0.4 is 0 Å². The molecule has 0 radical (unpaired) electrons. The summed E-state index contributed by atoms with van der Waals surface area (Å²) in [5.41, 5.74) is 1.65. The first-order valence-corrected chi connectivity index (χ1v) is 8.50. The zero-order chi connectivity index (χ0) is 14.3. The van der Waals surface area contributed by atoms with Crippen LogP contribution >= 0.6 is 39.5 Å². The standard InChI is InChI=1S/C14H11BrN2S2/c1-18-14(19-2)7-13(11(8-16)9-17)10-3-5-12(15)6-4-10/h3-7H,1-2H3. The molecular weight excluding hydrogens is 340 g/mol. The summed E-state index contributed by atoms with van der Waals surface area (Å²) >= 11 is 6.57. The molecule has 0 amide bonds. The van der Waals surface area contributed by atoms with Gasteiger partial charge in [-0.15, -0.1) is 23.5 Å². The number of nitrogens with zero attached hydrogens (tertiary/aromatic N) is 2. The first-order valence-electron chi connectivity index (χ1n) is 5.26. The molecule has 0 spiro atoms. The van der Waals surface area contributed by atoms with Crippen LogP contribution in [-0.2, 0) is 0 Å². The Morgan fingerprint density at radius 1 is 1.11 bits per heavy atom. The summed E-state index contributed by atoms with van der Waals surface area (Å²) in [6, 6.07) is 11.5. The third-order valence-electron chi connectivity index (χ3n) is 2.31. The van der Waals surface area contributed by atoms with E-state index in [1.165, 1.54) is 0 Å². The minimum atomic E-state index is 0.128. The highest BCUT2D eigenvalue weighted by Crippen LogP contribution is 2.30. The maximum absolute atomic E-state index is 9.09. The van der Waals surface area contributed by atoms with Gasteiger partial charge in [-0.3, -0.25) is 0 Å². The van der Waals surface area contributed by atoms with Crippen LogP contribution in [0.2, 0.25) is 0 Å². The molecule has 0 aliphatic carbocycles. The molecule has 0 N–H and O–H groups in total. The van der Waals surface area contributed by atoms with Gasteiger partial charge in [0.05, 0.1) is 0 Å². The lowest BCUT2D eigenvalue weighted by molar-refractivity contribution is 1.46. The SMILES string of the molecule is CSC(=CC(=C(C#N)C#N)c1ccc(Br)cc1)SC. The average molecular weight is 351 g/mol. The van der Waals surface area contributed by atoms with E-state index in [1.54, 1.807) is 23.5 Å². The molecule has 96 valence electrons. The zero-order valence-electron chi connectivity index (χ0n) is 10.5. The molecule has 0 atom stereocenters. The molecule has 1 aromatic rings. The third kappa shape index (κ3) is 4.47. The lowest BCUT2D eigenvalue weighted by Crippen LogP contribution is -1.87. The van der Waals surface area contributed by atoms with Crippen molar-refractivity contribution in [2.45, 2.75) is 0 Å². The van der Waals surface area contributed by atoms with Crippen molar-refractivity contribution in [2.24, 2.45) is 0 Å². The molecule has 0 aliphatic heterocycles. The van der Waals surface area contributed by atoms with Crippen LogP contribution in [0.5, 0.6) is 0 Å². The molecule has 0 bridgehead atoms. The van der Waals surface area contributed by atoms with E-state index in [0.717, 1.165) is 14.3 Å². The molecule has 2 nitrogen and oxygen atoms in total. The normalized spacial score (nSPS) is 9.11.